The molecular formula is C13H14ClN5O2. The van der Waals surface area contributed by atoms with Crippen LogP contribution in [0.1, 0.15) is 26.5 Å². The van der Waals surface area contributed by atoms with Gasteiger partial charge >= 0.3 is 0 Å². The standard InChI is InChI=1S/C13H14ClN5O2/c1-6-10(15)11(19-18-6)13(21)17-7-3-4-9(14)8(5-7)12(20)16-2/h3-5H,15H2,1-2H3,(H,16,20)(H,17,21)(H,18,19). The highest BCUT2D eigenvalue weighted by molar-refractivity contribution is 6.34. The number of benzene rings is 1. The molecule has 0 aliphatic rings. The zero-order valence-electron chi connectivity index (χ0n) is 11.5. The van der Waals surface area contributed by atoms with Gasteiger partial charge in [-0.25, -0.2) is 0 Å². The van der Waals surface area contributed by atoms with Gasteiger partial charge in [-0.2, -0.15) is 5.10 Å². The lowest BCUT2D eigenvalue weighted by atomic mass is 10.2. The highest BCUT2D eigenvalue weighted by Gasteiger charge is 2.16. The molecule has 8 heteroatoms. The molecular weight excluding hydrogens is 294 g/mol. The van der Waals surface area contributed by atoms with Crippen molar-refractivity contribution in [1.82, 2.24) is 15.5 Å². The van der Waals surface area contributed by atoms with Gasteiger partial charge in [0.1, 0.15) is 0 Å². The van der Waals surface area contributed by atoms with Gasteiger partial charge in [0, 0.05) is 12.7 Å². The summed E-state index contributed by atoms with van der Waals surface area (Å²) in [6, 6.07) is 4.60. The summed E-state index contributed by atoms with van der Waals surface area (Å²) in [4.78, 5) is 23.7. The normalized spacial score (nSPS) is 10.2. The van der Waals surface area contributed by atoms with Crippen molar-refractivity contribution < 1.29 is 9.59 Å². The van der Waals surface area contributed by atoms with Crippen LogP contribution in [0.4, 0.5) is 11.4 Å². The van der Waals surface area contributed by atoms with Crippen molar-refractivity contribution in [2.75, 3.05) is 18.1 Å². The van der Waals surface area contributed by atoms with Crippen molar-refractivity contribution in [2.24, 2.45) is 0 Å². The number of aryl methyl sites for hydroxylation is 1. The third-order valence-electron chi connectivity index (χ3n) is 2.91. The van der Waals surface area contributed by atoms with Crippen LogP contribution in [0.2, 0.25) is 5.02 Å². The molecule has 0 spiro atoms. The first kappa shape index (κ1) is 14.9. The average molecular weight is 308 g/mol. The fourth-order valence-corrected chi connectivity index (χ4v) is 1.92. The van der Waals surface area contributed by atoms with Crippen molar-refractivity contribution >= 4 is 34.8 Å². The Morgan fingerprint density at radius 1 is 1.33 bits per heavy atom. The van der Waals surface area contributed by atoms with E-state index in [1.165, 1.54) is 19.2 Å². The quantitative estimate of drug-likeness (QED) is 0.689. The van der Waals surface area contributed by atoms with Gasteiger partial charge in [-0.05, 0) is 25.1 Å². The minimum atomic E-state index is -0.470. The molecule has 0 fully saturated rings. The number of hydrogen-bond acceptors (Lipinski definition) is 4. The molecule has 0 radical (unpaired) electrons. The number of halogens is 1. The number of carbonyl (C=O) groups excluding carboxylic acids is 2. The largest absolute Gasteiger partial charge is 0.395 e. The Kier molecular flexibility index (Phi) is 4.13. The average Bonchev–Trinajstić information content (AvgIpc) is 2.80. The molecule has 0 saturated heterocycles. The number of nitrogens with one attached hydrogen (secondary N) is 3. The molecule has 2 aromatic rings. The van der Waals surface area contributed by atoms with Gasteiger partial charge in [0.15, 0.2) is 5.69 Å². The number of aromatic amines is 1. The van der Waals surface area contributed by atoms with Crippen molar-refractivity contribution in [3.8, 4) is 0 Å². The molecule has 2 amide bonds. The number of nitrogen functional groups attached to an aromatic ring is 1. The molecule has 0 aliphatic heterocycles. The van der Waals surface area contributed by atoms with Crippen molar-refractivity contribution in [2.45, 2.75) is 6.92 Å². The van der Waals surface area contributed by atoms with Gasteiger partial charge in [-0.1, -0.05) is 11.6 Å². The number of amides is 2. The fourth-order valence-electron chi connectivity index (χ4n) is 1.71. The van der Waals surface area contributed by atoms with Crippen LogP contribution in [-0.2, 0) is 0 Å². The van der Waals surface area contributed by atoms with Crippen LogP contribution in [-0.4, -0.2) is 29.1 Å². The topological polar surface area (TPSA) is 113 Å². The monoisotopic (exact) mass is 307 g/mol. The summed E-state index contributed by atoms with van der Waals surface area (Å²) in [5.74, 6) is -0.812. The lowest BCUT2D eigenvalue weighted by molar-refractivity contribution is 0.0961. The van der Waals surface area contributed by atoms with E-state index in [1.807, 2.05) is 0 Å². The van der Waals surface area contributed by atoms with E-state index in [0.29, 0.717) is 16.4 Å². The smallest absolute Gasteiger partial charge is 0.278 e. The van der Waals surface area contributed by atoms with E-state index in [4.69, 9.17) is 17.3 Å². The van der Waals surface area contributed by atoms with Crippen molar-refractivity contribution in [3.63, 3.8) is 0 Å². The van der Waals surface area contributed by atoms with Gasteiger partial charge in [0.2, 0.25) is 0 Å². The molecule has 2 rings (SSSR count). The van der Waals surface area contributed by atoms with Crippen molar-refractivity contribution in [1.29, 1.82) is 0 Å². The van der Waals surface area contributed by atoms with Crippen LogP contribution in [0.25, 0.3) is 0 Å². The van der Waals surface area contributed by atoms with E-state index < -0.39 is 5.91 Å². The summed E-state index contributed by atoms with van der Waals surface area (Å²) in [5.41, 5.74) is 7.43. The Morgan fingerprint density at radius 3 is 2.62 bits per heavy atom. The van der Waals surface area contributed by atoms with E-state index in [-0.39, 0.29) is 22.9 Å². The first-order chi connectivity index (χ1) is 9.93. The van der Waals surface area contributed by atoms with E-state index >= 15 is 0 Å². The molecule has 7 nitrogen and oxygen atoms in total. The Balaban J connectivity index is 2.26. The molecule has 0 saturated carbocycles. The molecule has 0 bridgehead atoms. The van der Waals surface area contributed by atoms with Gasteiger partial charge < -0.3 is 16.4 Å². The maximum atomic E-state index is 12.1. The maximum absolute atomic E-state index is 12.1. The SMILES string of the molecule is CNC(=O)c1cc(NC(=O)c2n[nH]c(C)c2N)ccc1Cl. The molecule has 0 unspecified atom stereocenters. The zero-order valence-corrected chi connectivity index (χ0v) is 12.2. The van der Waals surface area contributed by atoms with Crippen LogP contribution < -0.4 is 16.4 Å². The first-order valence-electron chi connectivity index (χ1n) is 6.07. The molecule has 21 heavy (non-hydrogen) atoms. The number of H-pyrrole nitrogens is 1. The summed E-state index contributed by atoms with van der Waals surface area (Å²) in [6.07, 6.45) is 0. The van der Waals surface area contributed by atoms with Crippen LogP contribution in [0.3, 0.4) is 0 Å². The Morgan fingerprint density at radius 2 is 2.05 bits per heavy atom. The minimum Gasteiger partial charge on any atom is -0.395 e. The second-order valence-corrected chi connectivity index (χ2v) is 4.75. The van der Waals surface area contributed by atoms with Gasteiger partial charge in [0.25, 0.3) is 11.8 Å². The maximum Gasteiger partial charge on any atom is 0.278 e. The first-order valence-corrected chi connectivity index (χ1v) is 6.45. The molecule has 1 heterocycles. The number of anilines is 2. The van der Waals surface area contributed by atoms with Crippen LogP contribution in [0, 0.1) is 6.92 Å². The van der Waals surface area contributed by atoms with E-state index in [9.17, 15) is 9.59 Å². The van der Waals surface area contributed by atoms with Crippen LogP contribution in [0.15, 0.2) is 18.2 Å². The summed E-state index contributed by atoms with van der Waals surface area (Å²) in [6.45, 7) is 1.71. The molecule has 0 atom stereocenters. The predicted octanol–water partition coefficient (Wildman–Crippen LogP) is 1.57. The highest BCUT2D eigenvalue weighted by Crippen LogP contribution is 2.22. The zero-order chi connectivity index (χ0) is 15.6. The summed E-state index contributed by atoms with van der Waals surface area (Å²) in [5, 5.41) is 11.9. The van der Waals surface area contributed by atoms with Crippen LogP contribution >= 0.6 is 11.6 Å². The minimum absolute atomic E-state index is 0.101. The molecule has 1 aromatic carbocycles. The number of rotatable bonds is 3. The summed E-state index contributed by atoms with van der Waals surface area (Å²) in [7, 11) is 1.50. The summed E-state index contributed by atoms with van der Waals surface area (Å²) < 4.78 is 0. The predicted molar refractivity (Wildman–Crippen MR) is 80.5 cm³/mol. The Labute approximate surface area is 125 Å². The molecule has 1 aromatic heterocycles. The number of nitrogens with zero attached hydrogens (tertiary/aromatic N) is 1. The fraction of sp³-hybridized carbons (Fsp3) is 0.154. The molecule has 0 aliphatic carbocycles. The van der Waals surface area contributed by atoms with Gasteiger partial charge in [-0.15, -0.1) is 0 Å². The number of aromatic nitrogens is 2. The van der Waals surface area contributed by atoms with Gasteiger partial charge in [0.05, 0.1) is 22.0 Å². The molecule has 110 valence electrons. The molecule has 5 N–H and O–H groups in total. The Hall–Kier alpha value is -2.54. The van der Waals surface area contributed by atoms with E-state index in [1.54, 1.807) is 13.0 Å². The third-order valence-corrected chi connectivity index (χ3v) is 3.24. The number of hydrogen-bond donors (Lipinski definition) is 4. The Bertz CT molecular complexity index is 711. The van der Waals surface area contributed by atoms with E-state index in [0.717, 1.165) is 0 Å². The highest BCUT2D eigenvalue weighted by atomic mass is 35.5. The van der Waals surface area contributed by atoms with E-state index in [2.05, 4.69) is 20.8 Å². The summed E-state index contributed by atoms with van der Waals surface area (Å²) >= 11 is 5.94. The van der Waals surface area contributed by atoms with Crippen molar-refractivity contribution in [3.05, 3.63) is 40.2 Å². The van der Waals surface area contributed by atoms with Gasteiger partial charge in [-0.3, -0.25) is 14.7 Å². The third kappa shape index (κ3) is 2.97. The number of nitrogens with two attached hydrogens (primary N) is 1. The van der Waals surface area contributed by atoms with Crippen LogP contribution in [0.5, 0.6) is 0 Å². The number of carbonyl (C=O) groups is 2. The second-order valence-electron chi connectivity index (χ2n) is 4.34. The lowest BCUT2D eigenvalue weighted by Gasteiger charge is -2.08. The second kappa shape index (κ2) is 5.84. The lowest BCUT2D eigenvalue weighted by Crippen LogP contribution is -2.19.